The average molecular weight is 476 g/mol. The molecule has 1 heterocycles. The van der Waals surface area contributed by atoms with E-state index < -0.39 is 0 Å². The Morgan fingerprint density at radius 3 is 1.35 bits per heavy atom. The fourth-order valence-electron chi connectivity index (χ4n) is 5.31. The number of rotatable bonds is 25. The number of aromatic nitrogens is 2. The van der Waals surface area contributed by atoms with Crippen LogP contribution in [0.25, 0.3) is 0 Å². The van der Waals surface area contributed by atoms with Crippen LogP contribution in [0.15, 0.2) is 12.4 Å². The van der Waals surface area contributed by atoms with Gasteiger partial charge in [-0.2, -0.15) is 0 Å². The molecule has 0 radical (unpaired) electrons. The predicted molar refractivity (Wildman–Crippen MR) is 152 cm³/mol. The number of hydrogen-bond donors (Lipinski definition) is 0. The van der Waals surface area contributed by atoms with Gasteiger partial charge in [0.05, 0.1) is 12.6 Å². The zero-order valence-corrected chi connectivity index (χ0v) is 24.1. The van der Waals surface area contributed by atoms with Gasteiger partial charge in [-0.25, -0.2) is 9.13 Å². The lowest BCUT2D eigenvalue weighted by atomic mass is 10.0. The van der Waals surface area contributed by atoms with Crippen LogP contribution in [-0.2, 0) is 13.0 Å². The van der Waals surface area contributed by atoms with Crippen LogP contribution in [0.1, 0.15) is 181 Å². The van der Waals surface area contributed by atoms with Crippen LogP contribution in [0.4, 0.5) is 0 Å². The Bertz CT molecular complexity index is 545. The highest BCUT2D eigenvalue weighted by molar-refractivity contribution is 4.86. The summed E-state index contributed by atoms with van der Waals surface area (Å²) in [6.07, 6.45) is 37.3. The van der Waals surface area contributed by atoms with Crippen LogP contribution < -0.4 is 4.57 Å². The van der Waals surface area contributed by atoms with Crippen molar-refractivity contribution in [1.29, 1.82) is 0 Å². The molecule has 2 nitrogen and oxygen atoms in total. The van der Waals surface area contributed by atoms with Crippen LogP contribution in [0.3, 0.4) is 0 Å². The maximum atomic E-state index is 2.57. The number of hydrogen-bond acceptors (Lipinski definition) is 0. The lowest BCUT2D eigenvalue weighted by Crippen LogP contribution is -2.37. The van der Waals surface area contributed by atoms with E-state index in [4.69, 9.17) is 0 Å². The molecule has 0 aliphatic rings. The Labute approximate surface area is 215 Å². The third kappa shape index (κ3) is 16.0. The topological polar surface area (TPSA) is 8.81 Å². The average Bonchev–Trinajstić information content (AvgIpc) is 3.24. The van der Waals surface area contributed by atoms with Gasteiger partial charge in [0, 0.05) is 6.42 Å². The van der Waals surface area contributed by atoms with Crippen LogP contribution in [0.2, 0.25) is 0 Å². The van der Waals surface area contributed by atoms with E-state index >= 15 is 0 Å². The zero-order chi connectivity index (χ0) is 24.7. The molecule has 0 aliphatic carbocycles. The van der Waals surface area contributed by atoms with Crippen molar-refractivity contribution in [3.8, 4) is 0 Å². The highest BCUT2D eigenvalue weighted by atomic mass is 15.2. The van der Waals surface area contributed by atoms with Gasteiger partial charge in [-0.15, -0.1) is 0 Å². The van der Waals surface area contributed by atoms with Crippen molar-refractivity contribution in [3.05, 3.63) is 18.2 Å². The molecule has 0 fully saturated rings. The Hall–Kier alpha value is -0.790. The third-order valence-corrected chi connectivity index (χ3v) is 7.60. The number of unbranched alkanes of at least 4 members (excludes halogenated alkanes) is 20. The molecule has 1 rings (SSSR count). The first-order chi connectivity index (χ1) is 16.7. The van der Waals surface area contributed by atoms with Gasteiger partial charge in [0.15, 0.2) is 0 Å². The molecule has 34 heavy (non-hydrogen) atoms. The summed E-state index contributed by atoms with van der Waals surface area (Å²) in [6, 6.07) is 0.571. The van der Waals surface area contributed by atoms with Gasteiger partial charge in [0.25, 0.3) is 5.82 Å². The zero-order valence-electron chi connectivity index (χ0n) is 24.1. The first kappa shape index (κ1) is 31.2. The van der Waals surface area contributed by atoms with E-state index in [0.29, 0.717) is 6.04 Å². The number of nitrogens with zero attached hydrogens (tertiary/aromatic N) is 2. The second-order valence-electron chi connectivity index (χ2n) is 11.2. The van der Waals surface area contributed by atoms with Crippen molar-refractivity contribution < 1.29 is 4.57 Å². The maximum Gasteiger partial charge on any atom is 0.256 e. The second-order valence-corrected chi connectivity index (χ2v) is 11.2. The van der Waals surface area contributed by atoms with Crippen molar-refractivity contribution in [2.75, 3.05) is 0 Å². The van der Waals surface area contributed by atoms with E-state index in [1.807, 2.05) is 0 Å². The van der Waals surface area contributed by atoms with Crippen LogP contribution in [-0.4, -0.2) is 4.57 Å². The summed E-state index contributed by atoms with van der Waals surface area (Å²) in [6.45, 7) is 10.5. The molecule has 0 bridgehead atoms. The Morgan fingerprint density at radius 1 is 0.559 bits per heavy atom. The smallest absolute Gasteiger partial charge is 0.234 e. The predicted octanol–water partition coefficient (Wildman–Crippen LogP) is 10.5. The van der Waals surface area contributed by atoms with Crippen molar-refractivity contribution in [2.24, 2.45) is 0 Å². The van der Waals surface area contributed by atoms with Crippen molar-refractivity contribution in [3.63, 3.8) is 0 Å². The summed E-state index contributed by atoms with van der Waals surface area (Å²) < 4.78 is 5.10. The number of imidazole rings is 1. The van der Waals surface area contributed by atoms with Crippen LogP contribution in [0.5, 0.6) is 0 Å². The van der Waals surface area contributed by atoms with E-state index in [1.54, 1.807) is 5.82 Å². The first-order valence-corrected chi connectivity index (χ1v) is 15.8. The molecule has 0 atom stereocenters. The molecule has 2 heteroatoms. The molecule has 0 N–H and O–H groups in total. The van der Waals surface area contributed by atoms with Crippen molar-refractivity contribution in [1.82, 2.24) is 4.57 Å². The van der Waals surface area contributed by atoms with Gasteiger partial charge < -0.3 is 0 Å². The van der Waals surface area contributed by atoms with Gasteiger partial charge >= 0.3 is 0 Å². The van der Waals surface area contributed by atoms with Crippen LogP contribution in [0, 0.1) is 0 Å². The minimum Gasteiger partial charge on any atom is -0.234 e. The van der Waals surface area contributed by atoms with E-state index in [0.717, 1.165) is 0 Å². The third-order valence-electron chi connectivity index (χ3n) is 7.60. The quantitative estimate of drug-likeness (QED) is 0.0981. The minimum atomic E-state index is 0.571. The molecule has 0 spiro atoms. The van der Waals surface area contributed by atoms with Crippen LogP contribution >= 0.6 is 0 Å². The minimum absolute atomic E-state index is 0.571. The standard InChI is InChI=1S/C32H63N2/c1-5-7-9-11-13-15-17-19-21-23-25-27-32-33(29-30-34(32)31(3)4)28-26-24-22-20-18-16-14-12-10-8-6-2/h29-31H,5-28H2,1-4H3/q+1. The summed E-state index contributed by atoms with van der Waals surface area (Å²) in [7, 11) is 0. The van der Waals surface area contributed by atoms with E-state index in [9.17, 15) is 0 Å². The molecule has 0 aromatic carbocycles. The summed E-state index contributed by atoms with van der Waals surface area (Å²) in [5.41, 5.74) is 0. The highest BCUT2D eigenvalue weighted by Crippen LogP contribution is 2.15. The largest absolute Gasteiger partial charge is 0.256 e. The summed E-state index contributed by atoms with van der Waals surface area (Å²) in [5, 5.41) is 0. The lowest BCUT2D eigenvalue weighted by molar-refractivity contribution is -0.704. The number of aryl methyl sites for hydroxylation is 1. The highest BCUT2D eigenvalue weighted by Gasteiger charge is 2.18. The molecule has 0 aliphatic heterocycles. The summed E-state index contributed by atoms with van der Waals surface area (Å²) >= 11 is 0. The fraction of sp³-hybridized carbons (Fsp3) is 0.906. The molecule has 200 valence electrons. The molecule has 0 saturated carbocycles. The van der Waals surface area contributed by atoms with Gasteiger partial charge in [-0.05, 0) is 33.1 Å². The monoisotopic (exact) mass is 475 g/mol. The van der Waals surface area contributed by atoms with Gasteiger partial charge in [0.2, 0.25) is 0 Å². The molecule has 1 aromatic rings. The molecule has 0 unspecified atom stereocenters. The van der Waals surface area contributed by atoms with Crippen molar-refractivity contribution >= 4 is 0 Å². The molecular formula is C32H63N2+. The Balaban J connectivity index is 2.14. The SMILES string of the molecule is CCCCCCCCCCCCCc1n(C(C)C)cc[n+]1CCCCCCCCCCCCC. The molecular weight excluding hydrogens is 412 g/mol. The fourth-order valence-corrected chi connectivity index (χ4v) is 5.31. The van der Waals surface area contributed by atoms with Gasteiger partial charge in [0.1, 0.15) is 12.4 Å². The van der Waals surface area contributed by atoms with Crippen molar-refractivity contribution in [2.45, 2.75) is 188 Å². The Morgan fingerprint density at radius 2 is 0.941 bits per heavy atom. The molecule has 1 aromatic heterocycles. The van der Waals surface area contributed by atoms with Gasteiger partial charge in [-0.1, -0.05) is 136 Å². The molecule has 0 amide bonds. The van der Waals surface area contributed by atoms with E-state index in [2.05, 4.69) is 49.2 Å². The summed E-state index contributed by atoms with van der Waals surface area (Å²) in [5.74, 6) is 1.57. The summed E-state index contributed by atoms with van der Waals surface area (Å²) in [4.78, 5) is 0. The van der Waals surface area contributed by atoms with Gasteiger partial charge in [-0.3, -0.25) is 0 Å². The second kappa shape index (κ2) is 22.7. The first-order valence-electron chi connectivity index (χ1n) is 15.8. The molecule has 0 saturated heterocycles. The van der Waals surface area contributed by atoms with E-state index in [1.165, 1.54) is 154 Å². The Kier molecular flexibility index (Phi) is 20.8. The lowest BCUT2D eigenvalue weighted by Gasteiger charge is -2.08. The maximum absolute atomic E-state index is 2.57. The normalized spacial score (nSPS) is 11.7. The van der Waals surface area contributed by atoms with E-state index in [-0.39, 0.29) is 0 Å².